The van der Waals surface area contributed by atoms with Crippen LogP contribution in [0.3, 0.4) is 0 Å². The molecule has 0 bridgehead atoms. The van der Waals surface area contributed by atoms with Crippen molar-refractivity contribution in [2.24, 2.45) is 0 Å². The van der Waals surface area contributed by atoms with Crippen LogP contribution in [0, 0.1) is 0 Å². The van der Waals surface area contributed by atoms with Crippen molar-refractivity contribution in [3.63, 3.8) is 0 Å². The predicted octanol–water partition coefficient (Wildman–Crippen LogP) is 3.31. The molecule has 1 aliphatic heterocycles. The van der Waals surface area contributed by atoms with E-state index in [1.807, 2.05) is 11.9 Å². The fourth-order valence-electron chi connectivity index (χ4n) is 1.75. The Morgan fingerprint density at radius 1 is 0.750 bits per heavy atom. The molecule has 0 aromatic carbocycles. The Morgan fingerprint density at radius 2 is 1.17 bits per heavy atom. The van der Waals surface area contributed by atoms with Crippen LogP contribution in [-0.4, -0.2) is 23.7 Å². The monoisotopic (exact) mass is 187 g/mol. The summed E-state index contributed by atoms with van der Waals surface area (Å²) in [4.78, 5) is 0. The van der Waals surface area contributed by atoms with Gasteiger partial charge < -0.3 is 0 Å². The van der Waals surface area contributed by atoms with E-state index in [2.05, 4.69) is 10.6 Å². The molecule has 0 saturated carbocycles. The standard InChI is InChI=1S/C10H21NS/c1-12-11-9-7-5-3-2-4-6-8-10-11/h2-10H2,1H3. The maximum atomic E-state index is 2.52. The quantitative estimate of drug-likeness (QED) is 0.579. The summed E-state index contributed by atoms with van der Waals surface area (Å²) < 4.78 is 2.52. The Morgan fingerprint density at radius 3 is 1.58 bits per heavy atom. The lowest BCUT2D eigenvalue weighted by atomic mass is 10.1. The van der Waals surface area contributed by atoms with Gasteiger partial charge in [0.2, 0.25) is 0 Å². The van der Waals surface area contributed by atoms with Crippen molar-refractivity contribution >= 4 is 11.9 Å². The second kappa shape index (κ2) is 6.79. The zero-order valence-corrected chi connectivity index (χ0v) is 9.04. The molecule has 1 aliphatic rings. The third-order valence-electron chi connectivity index (χ3n) is 2.57. The van der Waals surface area contributed by atoms with Gasteiger partial charge in [-0.15, -0.1) is 0 Å². The Labute approximate surface area is 81.0 Å². The zero-order valence-electron chi connectivity index (χ0n) is 8.22. The van der Waals surface area contributed by atoms with Crippen LogP contribution in [0.15, 0.2) is 0 Å². The van der Waals surface area contributed by atoms with Gasteiger partial charge >= 0.3 is 0 Å². The van der Waals surface area contributed by atoms with Gasteiger partial charge in [0.15, 0.2) is 0 Å². The summed E-state index contributed by atoms with van der Waals surface area (Å²) in [6.07, 6.45) is 12.3. The van der Waals surface area contributed by atoms with E-state index in [-0.39, 0.29) is 0 Å². The Kier molecular flexibility index (Phi) is 5.88. The number of hydrogen-bond donors (Lipinski definition) is 0. The summed E-state index contributed by atoms with van der Waals surface area (Å²) in [6.45, 7) is 2.61. The topological polar surface area (TPSA) is 3.24 Å². The molecular weight excluding hydrogens is 166 g/mol. The van der Waals surface area contributed by atoms with Crippen molar-refractivity contribution in [1.29, 1.82) is 0 Å². The van der Waals surface area contributed by atoms with Crippen LogP contribution >= 0.6 is 11.9 Å². The normalized spacial score (nSPS) is 23.8. The third-order valence-corrected chi connectivity index (χ3v) is 3.45. The molecule has 1 saturated heterocycles. The first kappa shape index (κ1) is 10.4. The Hall–Kier alpha value is 0.310. The minimum Gasteiger partial charge on any atom is -0.251 e. The lowest BCUT2D eigenvalue weighted by Gasteiger charge is -2.20. The van der Waals surface area contributed by atoms with Crippen molar-refractivity contribution in [2.45, 2.75) is 44.9 Å². The zero-order chi connectivity index (χ0) is 8.65. The van der Waals surface area contributed by atoms with E-state index in [0.717, 1.165) is 0 Å². The maximum Gasteiger partial charge on any atom is 0.00892 e. The Balaban J connectivity index is 2.17. The van der Waals surface area contributed by atoms with E-state index >= 15 is 0 Å². The third kappa shape index (κ3) is 4.36. The summed E-state index contributed by atoms with van der Waals surface area (Å²) in [5.41, 5.74) is 0. The fraction of sp³-hybridized carbons (Fsp3) is 1.00. The smallest absolute Gasteiger partial charge is 0.00892 e. The molecule has 72 valence electrons. The van der Waals surface area contributed by atoms with Gasteiger partial charge in [-0.3, -0.25) is 4.31 Å². The van der Waals surface area contributed by atoms with Crippen LogP contribution in [0.2, 0.25) is 0 Å². The van der Waals surface area contributed by atoms with Crippen molar-refractivity contribution in [2.75, 3.05) is 19.3 Å². The molecule has 1 fully saturated rings. The molecule has 0 unspecified atom stereocenters. The van der Waals surface area contributed by atoms with Gasteiger partial charge in [0.25, 0.3) is 0 Å². The van der Waals surface area contributed by atoms with Gasteiger partial charge in [-0.1, -0.05) is 44.1 Å². The van der Waals surface area contributed by atoms with E-state index in [4.69, 9.17) is 0 Å². The first-order valence-electron chi connectivity index (χ1n) is 5.22. The SMILES string of the molecule is CSN1CCCCCCCCC1. The summed E-state index contributed by atoms with van der Waals surface area (Å²) in [6, 6.07) is 0. The van der Waals surface area contributed by atoms with Gasteiger partial charge in [0.05, 0.1) is 0 Å². The van der Waals surface area contributed by atoms with Crippen molar-refractivity contribution in [3.8, 4) is 0 Å². The van der Waals surface area contributed by atoms with E-state index in [1.165, 1.54) is 58.0 Å². The highest BCUT2D eigenvalue weighted by Crippen LogP contribution is 2.15. The lowest BCUT2D eigenvalue weighted by Crippen LogP contribution is -2.18. The molecule has 1 rings (SSSR count). The van der Waals surface area contributed by atoms with Crippen LogP contribution in [0.25, 0.3) is 0 Å². The highest BCUT2D eigenvalue weighted by Gasteiger charge is 2.04. The highest BCUT2D eigenvalue weighted by atomic mass is 32.2. The summed E-state index contributed by atoms with van der Waals surface area (Å²) in [5.74, 6) is 0. The fourth-order valence-corrected chi connectivity index (χ4v) is 2.38. The van der Waals surface area contributed by atoms with Crippen LogP contribution in [0.5, 0.6) is 0 Å². The van der Waals surface area contributed by atoms with E-state index in [9.17, 15) is 0 Å². The molecular formula is C10H21NS. The highest BCUT2D eigenvalue weighted by molar-refractivity contribution is 7.96. The minimum atomic E-state index is 1.31. The maximum absolute atomic E-state index is 2.52. The van der Waals surface area contributed by atoms with E-state index < -0.39 is 0 Å². The molecule has 0 radical (unpaired) electrons. The van der Waals surface area contributed by atoms with Gasteiger partial charge in [0, 0.05) is 13.1 Å². The van der Waals surface area contributed by atoms with Gasteiger partial charge in [-0.25, -0.2) is 0 Å². The van der Waals surface area contributed by atoms with Gasteiger partial charge in [-0.05, 0) is 19.1 Å². The molecule has 12 heavy (non-hydrogen) atoms. The van der Waals surface area contributed by atoms with Crippen LogP contribution in [0.4, 0.5) is 0 Å². The predicted molar refractivity (Wildman–Crippen MR) is 57.4 cm³/mol. The largest absolute Gasteiger partial charge is 0.251 e. The number of nitrogens with zero attached hydrogens (tertiary/aromatic N) is 1. The van der Waals surface area contributed by atoms with Crippen molar-refractivity contribution < 1.29 is 0 Å². The van der Waals surface area contributed by atoms with Gasteiger partial charge in [-0.2, -0.15) is 0 Å². The average molecular weight is 187 g/mol. The van der Waals surface area contributed by atoms with Crippen molar-refractivity contribution in [1.82, 2.24) is 4.31 Å². The van der Waals surface area contributed by atoms with Crippen LogP contribution in [0.1, 0.15) is 44.9 Å². The molecule has 0 N–H and O–H groups in total. The van der Waals surface area contributed by atoms with Crippen molar-refractivity contribution in [3.05, 3.63) is 0 Å². The minimum absolute atomic E-state index is 1.31. The average Bonchev–Trinajstić information content (AvgIpc) is 2.14. The second-order valence-corrected chi connectivity index (χ2v) is 4.47. The van der Waals surface area contributed by atoms with Gasteiger partial charge in [0.1, 0.15) is 0 Å². The molecule has 0 atom stereocenters. The number of rotatable bonds is 1. The molecule has 0 aliphatic carbocycles. The summed E-state index contributed by atoms with van der Waals surface area (Å²) >= 11 is 1.92. The Bertz CT molecular complexity index is 96.0. The molecule has 0 aromatic heterocycles. The molecule has 2 heteroatoms. The molecule has 0 spiro atoms. The first-order chi connectivity index (χ1) is 5.93. The van der Waals surface area contributed by atoms with Crippen LogP contribution < -0.4 is 0 Å². The summed E-state index contributed by atoms with van der Waals surface area (Å²) in [7, 11) is 0. The molecule has 1 nitrogen and oxygen atoms in total. The molecule has 0 amide bonds. The lowest BCUT2D eigenvalue weighted by molar-refractivity contribution is 0.409. The molecule has 0 aromatic rings. The second-order valence-electron chi connectivity index (χ2n) is 3.59. The molecule has 1 heterocycles. The summed E-state index contributed by atoms with van der Waals surface area (Å²) in [5, 5.41) is 0. The number of hydrogen-bond acceptors (Lipinski definition) is 2. The van der Waals surface area contributed by atoms with Crippen LogP contribution in [-0.2, 0) is 0 Å². The van der Waals surface area contributed by atoms with E-state index in [1.54, 1.807) is 0 Å². The first-order valence-corrected chi connectivity index (χ1v) is 6.40. The van der Waals surface area contributed by atoms with E-state index in [0.29, 0.717) is 0 Å².